The van der Waals surface area contributed by atoms with E-state index in [-0.39, 0.29) is 41.9 Å². The van der Waals surface area contributed by atoms with Crippen molar-refractivity contribution in [1.29, 1.82) is 0 Å². The molecule has 0 radical (unpaired) electrons. The maximum Gasteiger partial charge on any atom is 0.258 e. The first-order valence-corrected chi connectivity index (χ1v) is 16.4. The number of fused-ring (bicyclic) bond motifs is 1. The second-order valence-corrected chi connectivity index (χ2v) is 13.2. The average molecular weight is 606 g/mol. The highest BCUT2D eigenvalue weighted by Gasteiger charge is 2.30. The molecule has 0 saturated heterocycles. The number of nitrogens with zero attached hydrogens (tertiary/aromatic N) is 2. The van der Waals surface area contributed by atoms with Crippen molar-refractivity contribution in [2.24, 2.45) is 5.92 Å². The van der Waals surface area contributed by atoms with Crippen LogP contribution in [0.3, 0.4) is 0 Å². The second kappa shape index (κ2) is 15.6. The van der Waals surface area contributed by atoms with Crippen molar-refractivity contribution in [3.63, 3.8) is 0 Å². The Labute approximate surface area is 251 Å². The fraction of sp³-hybridized carbons (Fsp3) is 0.581. The highest BCUT2D eigenvalue weighted by Crippen LogP contribution is 2.29. The van der Waals surface area contributed by atoms with Gasteiger partial charge in [-0.05, 0) is 76.1 Å². The molecule has 0 spiro atoms. The van der Waals surface area contributed by atoms with Gasteiger partial charge in [0.2, 0.25) is 10.0 Å². The van der Waals surface area contributed by atoms with Gasteiger partial charge in [-0.25, -0.2) is 8.42 Å². The predicted octanol–water partition coefficient (Wildman–Crippen LogP) is 3.99. The molecule has 234 valence electrons. The number of carbonyl (C=O) groups excluding carboxylic acids is 1. The van der Waals surface area contributed by atoms with Crippen molar-refractivity contribution >= 4 is 21.6 Å². The van der Waals surface area contributed by atoms with Gasteiger partial charge in [-0.15, -0.1) is 0 Å². The Hall–Kier alpha value is -2.86. The van der Waals surface area contributed by atoms with E-state index in [2.05, 4.69) is 23.6 Å². The molecule has 10 nitrogen and oxygen atoms in total. The lowest BCUT2D eigenvalue weighted by molar-refractivity contribution is -0.0177. The number of amides is 1. The zero-order valence-electron chi connectivity index (χ0n) is 25.7. The minimum absolute atomic E-state index is 0.0650. The molecule has 11 heteroatoms. The Kier molecular flexibility index (Phi) is 12.5. The fourth-order valence-corrected chi connectivity index (χ4v) is 5.63. The number of hydrogen-bond acceptors (Lipinski definition) is 8. The molecule has 1 heterocycles. The third-order valence-corrected chi connectivity index (χ3v) is 8.06. The number of anilines is 1. The smallest absolute Gasteiger partial charge is 0.258 e. The molecule has 2 N–H and O–H groups in total. The van der Waals surface area contributed by atoms with E-state index in [0.29, 0.717) is 25.4 Å². The summed E-state index contributed by atoms with van der Waals surface area (Å²) in [6.07, 6.45) is 3.28. The van der Waals surface area contributed by atoms with Crippen LogP contribution in [0, 0.1) is 5.92 Å². The van der Waals surface area contributed by atoms with Crippen LogP contribution in [0.2, 0.25) is 0 Å². The third-order valence-electron chi connectivity index (χ3n) is 7.46. The third kappa shape index (κ3) is 10.1. The van der Waals surface area contributed by atoms with E-state index in [1.165, 1.54) is 6.07 Å². The van der Waals surface area contributed by atoms with Crippen molar-refractivity contribution in [2.75, 3.05) is 51.4 Å². The number of carbonyl (C=O) groups is 1. The number of ether oxygens (including phenoxy) is 3. The first-order valence-electron chi connectivity index (χ1n) is 14.5. The van der Waals surface area contributed by atoms with E-state index >= 15 is 0 Å². The van der Waals surface area contributed by atoms with E-state index in [1.807, 2.05) is 31.2 Å². The molecule has 0 fully saturated rings. The minimum atomic E-state index is -3.55. The van der Waals surface area contributed by atoms with Crippen LogP contribution in [-0.2, 0) is 21.3 Å². The molecule has 3 rings (SSSR count). The van der Waals surface area contributed by atoms with Crippen LogP contribution in [0.25, 0.3) is 0 Å². The largest absolute Gasteiger partial charge is 0.497 e. The minimum Gasteiger partial charge on any atom is -0.497 e. The van der Waals surface area contributed by atoms with E-state index in [4.69, 9.17) is 14.2 Å². The molecule has 2 aromatic rings. The predicted molar refractivity (Wildman–Crippen MR) is 165 cm³/mol. The number of rotatable bonds is 9. The van der Waals surface area contributed by atoms with Crippen molar-refractivity contribution in [3.8, 4) is 11.5 Å². The van der Waals surface area contributed by atoms with Gasteiger partial charge in [0.05, 0.1) is 43.8 Å². The first-order chi connectivity index (χ1) is 19.9. The van der Waals surface area contributed by atoms with E-state index < -0.39 is 16.1 Å². The summed E-state index contributed by atoms with van der Waals surface area (Å²) in [5.41, 5.74) is 1.67. The SMILES string of the molecule is COc1ccc(CN(C)C[C@@H]2OCCCC[C@@H](C)Oc3ccc(NS(C)(=O)=O)cc3C(=O)N([C@@H](C)CO)C[C@@H]2C)cc1. The lowest BCUT2D eigenvalue weighted by Gasteiger charge is -2.36. The van der Waals surface area contributed by atoms with Crippen molar-refractivity contribution in [3.05, 3.63) is 53.6 Å². The molecule has 0 unspecified atom stereocenters. The number of methoxy groups -OCH3 is 1. The van der Waals surface area contributed by atoms with Crippen LogP contribution in [0.15, 0.2) is 42.5 Å². The summed E-state index contributed by atoms with van der Waals surface area (Å²) in [6, 6.07) is 12.2. The topological polar surface area (TPSA) is 118 Å². The van der Waals surface area contributed by atoms with Gasteiger partial charge in [0.25, 0.3) is 5.91 Å². The van der Waals surface area contributed by atoms with Crippen LogP contribution in [0.4, 0.5) is 5.69 Å². The molecular weight excluding hydrogens is 558 g/mol. The lowest BCUT2D eigenvalue weighted by atomic mass is 10.0. The number of aliphatic hydroxyl groups is 1. The highest BCUT2D eigenvalue weighted by atomic mass is 32.2. The number of likely N-dealkylation sites (N-methyl/N-ethyl adjacent to an activating group) is 1. The van der Waals surface area contributed by atoms with Gasteiger partial charge in [-0.2, -0.15) is 0 Å². The van der Waals surface area contributed by atoms with E-state index in [0.717, 1.165) is 43.4 Å². The Morgan fingerprint density at radius 1 is 1.17 bits per heavy atom. The van der Waals surface area contributed by atoms with Gasteiger partial charge in [0.1, 0.15) is 11.5 Å². The lowest BCUT2D eigenvalue weighted by Crippen LogP contribution is -2.47. The summed E-state index contributed by atoms with van der Waals surface area (Å²) in [4.78, 5) is 17.9. The zero-order valence-corrected chi connectivity index (χ0v) is 26.5. The molecule has 0 bridgehead atoms. The zero-order chi connectivity index (χ0) is 30.9. The summed E-state index contributed by atoms with van der Waals surface area (Å²) in [7, 11) is 0.149. The summed E-state index contributed by atoms with van der Waals surface area (Å²) < 4.78 is 44.2. The van der Waals surface area contributed by atoms with Crippen LogP contribution in [0.1, 0.15) is 56.0 Å². The number of nitrogens with one attached hydrogen (secondary N) is 1. The van der Waals surface area contributed by atoms with Gasteiger partial charge in [0.15, 0.2) is 0 Å². The fourth-order valence-electron chi connectivity index (χ4n) is 5.08. The van der Waals surface area contributed by atoms with Crippen molar-refractivity contribution < 1.29 is 32.5 Å². The number of benzene rings is 2. The van der Waals surface area contributed by atoms with Gasteiger partial charge in [-0.3, -0.25) is 14.4 Å². The van der Waals surface area contributed by atoms with Gasteiger partial charge < -0.3 is 24.2 Å². The maximum atomic E-state index is 14.1. The normalized spacial score (nSPS) is 21.7. The Morgan fingerprint density at radius 2 is 1.88 bits per heavy atom. The molecule has 0 aliphatic carbocycles. The molecule has 42 heavy (non-hydrogen) atoms. The second-order valence-electron chi connectivity index (χ2n) is 11.4. The Morgan fingerprint density at radius 3 is 2.52 bits per heavy atom. The number of sulfonamides is 1. The van der Waals surface area contributed by atoms with Gasteiger partial charge >= 0.3 is 0 Å². The van der Waals surface area contributed by atoms with Crippen LogP contribution in [0.5, 0.6) is 11.5 Å². The summed E-state index contributed by atoms with van der Waals surface area (Å²) in [6.45, 7) is 7.89. The standard InChI is InChI=1S/C31H47N3O7S/c1-22-18-34(23(2)21-35)31(36)28-17-26(32-42(6,37)38)12-15-29(28)41-24(3)9-7-8-16-40-30(22)20-33(4)19-25-10-13-27(39-5)14-11-25/h10-15,17,22-24,30,32,35H,7-9,16,18-21H2,1-6H3/t22-,23-,24+,30-/m0/s1. The summed E-state index contributed by atoms with van der Waals surface area (Å²) in [5, 5.41) is 10.1. The van der Waals surface area contributed by atoms with Crippen molar-refractivity contribution in [1.82, 2.24) is 9.80 Å². The van der Waals surface area contributed by atoms with Crippen LogP contribution < -0.4 is 14.2 Å². The van der Waals surface area contributed by atoms with E-state index in [9.17, 15) is 18.3 Å². The molecule has 2 aromatic carbocycles. The molecule has 1 amide bonds. The molecule has 1 aliphatic rings. The van der Waals surface area contributed by atoms with Crippen LogP contribution in [-0.4, -0.2) is 94.2 Å². The van der Waals surface area contributed by atoms with E-state index in [1.54, 1.807) is 31.1 Å². The average Bonchev–Trinajstić information content (AvgIpc) is 2.94. The van der Waals surface area contributed by atoms with Gasteiger partial charge in [-0.1, -0.05) is 19.1 Å². The monoisotopic (exact) mass is 605 g/mol. The quantitative estimate of drug-likeness (QED) is 0.441. The van der Waals surface area contributed by atoms with Crippen LogP contribution >= 0.6 is 0 Å². The molecular formula is C31H47N3O7S. The molecule has 0 saturated carbocycles. The Bertz CT molecular complexity index is 1260. The van der Waals surface area contributed by atoms with Crippen molar-refractivity contribution in [2.45, 2.75) is 64.8 Å². The summed E-state index contributed by atoms with van der Waals surface area (Å²) >= 11 is 0. The van der Waals surface area contributed by atoms with Gasteiger partial charge in [0, 0.05) is 37.8 Å². The number of hydrogen-bond donors (Lipinski definition) is 2. The molecule has 1 aliphatic heterocycles. The number of aliphatic hydroxyl groups excluding tert-OH is 1. The molecule has 4 atom stereocenters. The molecule has 0 aromatic heterocycles. The Balaban J connectivity index is 1.90. The highest BCUT2D eigenvalue weighted by molar-refractivity contribution is 7.92. The maximum absolute atomic E-state index is 14.1. The first kappa shape index (κ1) is 33.6. The summed E-state index contributed by atoms with van der Waals surface area (Å²) in [5.74, 6) is 0.793.